The molecule has 3 nitrogen and oxygen atoms in total. The van der Waals surface area contributed by atoms with Crippen LogP contribution in [0.5, 0.6) is 5.75 Å². The predicted molar refractivity (Wildman–Crippen MR) is 80.2 cm³/mol. The van der Waals surface area contributed by atoms with Crippen LogP contribution in [0.25, 0.3) is 0 Å². The van der Waals surface area contributed by atoms with Crippen molar-refractivity contribution in [2.75, 3.05) is 6.61 Å². The Morgan fingerprint density at radius 3 is 2.58 bits per heavy atom. The van der Waals surface area contributed by atoms with Gasteiger partial charge in [-0.2, -0.15) is 0 Å². The molecule has 19 heavy (non-hydrogen) atoms. The maximum absolute atomic E-state index is 6.28. The molecule has 2 unspecified atom stereocenters. The summed E-state index contributed by atoms with van der Waals surface area (Å²) >= 11 is 0. The molecule has 1 aromatic rings. The second-order valence-corrected chi connectivity index (χ2v) is 6.60. The van der Waals surface area contributed by atoms with Crippen LogP contribution in [0.3, 0.4) is 0 Å². The Morgan fingerprint density at radius 1 is 1.32 bits per heavy atom. The molecule has 0 bridgehead atoms. The molecule has 2 atom stereocenters. The summed E-state index contributed by atoms with van der Waals surface area (Å²) in [7, 11) is 0. The largest absolute Gasteiger partial charge is 0.492 e. The van der Waals surface area contributed by atoms with Gasteiger partial charge in [0.2, 0.25) is 0 Å². The normalized spacial score (nSPS) is 15.1. The van der Waals surface area contributed by atoms with Crippen molar-refractivity contribution in [3.05, 3.63) is 24.0 Å². The molecule has 0 aromatic carbocycles. The standard InChI is InChI=1S/C16H28N2O/c1-6-19-14-8-13(10-18-11-14)15(17)7-12(2)9-16(3,4)5/h8,10-12,15H,6-7,9,17H2,1-5H3. The van der Waals surface area contributed by atoms with Crippen LogP contribution < -0.4 is 10.5 Å². The summed E-state index contributed by atoms with van der Waals surface area (Å²) in [5, 5.41) is 0. The van der Waals surface area contributed by atoms with Crippen LogP contribution in [-0.4, -0.2) is 11.6 Å². The third kappa shape index (κ3) is 6.06. The number of nitrogens with zero attached hydrogens (tertiary/aromatic N) is 1. The van der Waals surface area contributed by atoms with Gasteiger partial charge in [0.15, 0.2) is 0 Å². The zero-order valence-corrected chi connectivity index (χ0v) is 12.9. The van der Waals surface area contributed by atoms with Crippen molar-refractivity contribution in [2.24, 2.45) is 17.1 Å². The van der Waals surface area contributed by atoms with E-state index < -0.39 is 0 Å². The Morgan fingerprint density at radius 2 is 2.00 bits per heavy atom. The highest BCUT2D eigenvalue weighted by atomic mass is 16.5. The zero-order chi connectivity index (χ0) is 14.5. The van der Waals surface area contributed by atoms with E-state index in [1.165, 1.54) is 6.42 Å². The van der Waals surface area contributed by atoms with Crippen molar-refractivity contribution < 1.29 is 4.74 Å². The van der Waals surface area contributed by atoms with Gasteiger partial charge in [0.25, 0.3) is 0 Å². The topological polar surface area (TPSA) is 48.1 Å². The molecule has 0 amide bonds. The fourth-order valence-corrected chi connectivity index (χ4v) is 2.58. The van der Waals surface area contributed by atoms with Gasteiger partial charge in [-0.1, -0.05) is 27.7 Å². The first-order chi connectivity index (χ1) is 8.81. The summed E-state index contributed by atoms with van der Waals surface area (Å²) in [6, 6.07) is 2.04. The number of rotatable bonds is 6. The molecular weight excluding hydrogens is 236 g/mol. The second-order valence-electron chi connectivity index (χ2n) is 6.60. The fourth-order valence-electron chi connectivity index (χ4n) is 2.58. The molecule has 0 radical (unpaired) electrons. The van der Waals surface area contributed by atoms with Crippen LogP contribution in [0, 0.1) is 11.3 Å². The Kier molecular flexibility index (Phi) is 5.80. The van der Waals surface area contributed by atoms with Gasteiger partial charge in [0.05, 0.1) is 12.8 Å². The van der Waals surface area contributed by atoms with Crippen LogP contribution in [-0.2, 0) is 0 Å². The summed E-state index contributed by atoms with van der Waals surface area (Å²) in [4.78, 5) is 4.20. The van der Waals surface area contributed by atoms with E-state index in [2.05, 4.69) is 32.7 Å². The van der Waals surface area contributed by atoms with Crippen molar-refractivity contribution in [3.8, 4) is 5.75 Å². The minimum absolute atomic E-state index is 0.0326. The molecule has 0 aliphatic heterocycles. The van der Waals surface area contributed by atoms with Crippen LogP contribution in [0.15, 0.2) is 18.5 Å². The molecule has 3 heteroatoms. The lowest BCUT2D eigenvalue weighted by atomic mass is 9.82. The molecule has 0 aliphatic carbocycles. The first kappa shape index (κ1) is 16.0. The summed E-state index contributed by atoms with van der Waals surface area (Å²) < 4.78 is 5.46. The van der Waals surface area contributed by atoms with Gasteiger partial charge in [-0.15, -0.1) is 0 Å². The summed E-state index contributed by atoms with van der Waals surface area (Å²) in [5.74, 6) is 1.41. The maximum Gasteiger partial charge on any atom is 0.137 e. The molecule has 1 heterocycles. The monoisotopic (exact) mass is 264 g/mol. The van der Waals surface area contributed by atoms with E-state index in [-0.39, 0.29) is 6.04 Å². The zero-order valence-electron chi connectivity index (χ0n) is 12.9. The van der Waals surface area contributed by atoms with Gasteiger partial charge in [-0.3, -0.25) is 4.98 Å². The quantitative estimate of drug-likeness (QED) is 0.846. The predicted octanol–water partition coefficient (Wildman–Crippen LogP) is 3.94. The van der Waals surface area contributed by atoms with Crippen LogP contribution in [0.1, 0.15) is 59.1 Å². The molecule has 2 N–H and O–H groups in total. The summed E-state index contributed by atoms with van der Waals surface area (Å²) in [6.45, 7) is 11.7. The van der Waals surface area contributed by atoms with E-state index >= 15 is 0 Å². The van der Waals surface area contributed by atoms with Crippen molar-refractivity contribution in [3.63, 3.8) is 0 Å². The minimum Gasteiger partial charge on any atom is -0.492 e. The lowest BCUT2D eigenvalue weighted by Gasteiger charge is -2.25. The Labute approximate surface area is 117 Å². The smallest absolute Gasteiger partial charge is 0.137 e. The van der Waals surface area contributed by atoms with E-state index in [1.807, 2.05) is 19.2 Å². The Bertz CT molecular complexity index is 385. The third-order valence-corrected chi connectivity index (χ3v) is 3.09. The van der Waals surface area contributed by atoms with Crippen molar-refractivity contribution >= 4 is 0 Å². The number of nitrogens with two attached hydrogens (primary N) is 1. The van der Waals surface area contributed by atoms with E-state index in [0.29, 0.717) is 17.9 Å². The number of ether oxygens (including phenoxy) is 1. The van der Waals surface area contributed by atoms with Crippen LogP contribution in [0.2, 0.25) is 0 Å². The minimum atomic E-state index is 0.0326. The van der Waals surface area contributed by atoms with E-state index in [4.69, 9.17) is 10.5 Å². The average molecular weight is 264 g/mol. The molecule has 0 saturated carbocycles. The SMILES string of the molecule is CCOc1cncc(C(N)CC(C)CC(C)(C)C)c1. The van der Waals surface area contributed by atoms with Crippen LogP contribution >= 0.6 is 0 Å². The number of pyridine rings is 1. The van der Waals surface area contributed by atoms with Crippen LogP contribution in [0.4, 0.5) is 0 Å². The number of hydrogen-bond donors (Lipinski definition) is 1. The van der Waals surface area contributed by atoms with Crippen molar-refractivity contribution in [1.29, 1.82) is 0 Å². The van der Waals surface area contributed by atoms with E-state index in [0.717, 1.165) is 17.7 Å². The van der Waals surface area contributed by atoms with E-state index in [9.17, 15) is 0 Å². The Hall–Kier alpha value is -1.09. The molecular formula is C16H28N2O. The summed E-state index contributed by atoms with van der Waals surface area (Å²) in [6.07, 6.45) is 5.74. The van der Waals surface area contributed by atoms with Gasteiger partial charge in [0, 0.05) is 12.2 Å². The molecule has 0 spiro atoms. The lowest BCUT2D eigenvalue weighted by molar-refractivity contribution is 0.286. The van der Waals surface area contributed by atoms with E-state index in [1.54, 1.807) is 6.20 Å². The number of hydrogen-bond acceptors (Lipinski definition) is 3. The third-order valence-electron chi connectivity index (χ3n) is 3.09. The van der Waals surface area contributed by atoms with Gasteiger partial charge in [-0.05, 0) is 42.7 Å². The second kappa shape index (κ2) is 6.90. The van der Waals surface area contributed by atoms with Gasteiger partial charge >= 0.3 is 0 Å². The van der Waals surface area contributed by atoms with Gasteiger partial charge in [-0.25, -0.2) is 0 Å². The average Bonchev–Trinajstić information content (AvgIpc) is 2.27. The van der Waals surface area contributed by atoms with Crippen molar-refractivity contribution in [2.45, 2.75) is 53.5 Å². The molecule has 0 saturated heterocycles. The highest BCUT2D eigenvalue weighted by molar-refractivity contribution is 5.25. The highest BCUT2D eigenvalue weighted by Crippen LogP contribution is 2.30. The van der Waals surface area contributed by atoms with Gasteiger partial charge < -0.3 is 10.5 Å². The highest BCUT2D eigenvalue weighted by Gasteiger charge is 2.18. The molecule has 0 aliphatic rings. The fraction of sp³-hybridized carbons (Fsp3) is 0.688. The molecule has 1 aromatic heterocycles. The first-order valence-corrected chi connectivity index (χ1v) is 7.15. The maximum atomic E-state index is 6.28. The molecule has 1 rings (SSSR count). The molecule has 108 valence electrons. The van der Waals surface area contributed by atoms with Gasteiger partial charge in [0.1, 0.15) is 5.75 Å². The Balaban J connectivity index is 2.62. The number of aromatic nitrogens is 1. The first-order valence-electron chi connectivity index (χ1n) is 7.15. The summed E-state index contributed by atoms with van der Waals surface area (Å²) in [5.41, 5.74) is 7.70. The lowest BCUT2D eigenvalue weighted by Crippen LogP contribution is -2.18. The van der Waals surface area contributed by atoms with Crippen molar-refractivity contribution in [1.82, 2.24) is 4.98 Å². The molecule has 0 fully saturated rings.